The van der Waals surface area contributed by atoms with Crippen molar-refractivity contribution in [3.8, 4) is 0 Å². The van der Waals surface area contributed by atoms with Gasteiger partial charge in [-0.05, 0) is 0 Å². The minimum atomic E-state index is 0.469. The van der Waals surface area contributed by atoms with Crippen LogP contribution in [0.3, 0.4) is 0 Å². The summed E-state index contributed by atoms with van der Waals surface area (Å²) in [4.78, 5) is 9.37. The molecule has 0 aliphatic carbocycles. The van der Waals surface area contributed by atoms with E-state index in [1.165, 1.54) is 0 Å². The van der Waals surface area contributed by atoms with Crippen LogP contribution in [0.2, 0.25) is 0 Å². The number of rotatable bonds is 5. The van der Waals surface area contributed by atoms with Crippen LogP contribution in [0.15, 0.2) is 17.8 Å². The van der Waals surface area contributed by atoms with E-state index in [1.54, 1.807) is 28.9 Å². The van der Waals surface area contributed by atoms with Gasteiger partial charge >= 0.3 is 0 Å². The van der Waals surface area contributed by atoms with Crippen LogP contribution >= 0.6 is 34.3 Å². The molecule has 0 amide bonds. The quantitative estimate of drug-likeness (QED) is 0.775. The highest BCUT2D eigenvalue weighted by atomic mass is 35.5. The van der Waals surface area contributed by atoms with Gasteiger partial charge in [0.15, 0.2) is 0 Å². The van der Waals surface area contributed by atoms with Gasteiger partial charge in [-0.15, -0.1) is 34.3 Å². The Balaban J connectivity index is 1.78. The molecule has 0 N–H and O–H groups in total. The molecular weight excluding hydrogens is 252 g/mol. The first-order valence-electron chi connectivity index (χ1n) is 4.34. The van der Waals surface area contributed by atoms with Gasteiger partial charge in [0.1, 0.15) is 10.0 Å². The fraction of sp³-hybridized carbons (Fsp3) is 0.333. The first-order valence-corrected chi connectivity index (χ1v) is 6.57. The summed E-state index contributed by atoms with van der Waals surface area (Å²) in [5.74, 6) is 0.469. The molecule has 0 aliphatic rings. The first kappa shape index (κ1) is 11.0. The number of aromatic nitrogens is 2. The third-order valence-electron chi connectivity index (χ3n) is 1.67. The van der Waals surface area contributed by atoms with Gasteiger partial charge in [-0.25, -0.2) is 9.97 Å². The van der Waals surface area contributed by atoms with Crippen molar-refractivity contribution in [1.82, 2.24) is 9.97 Å². The van der Waals surface area contributed by atoms with Crippen LogP contribution < -0.4 is 0 Å². The van der Waals surface area contributed by atoms with Crippen molar-refractivity contribution < 1.29 is 4.74 Å². The molecule has 0 bridgehead atoms. The lowest BCUT2D eigenvalue weighted by molar-refractivity contribution is 0.109. The topological polar surface area (TPSA) is 35.0 Å². The van der Waals surface area contributed by atoms with E-state index in [4.69, 9.17) is 16.3 Å². The van der Waals surface area contributed by atoms with E-state index in [1.807, 2.05) is 11.6 Å². The summed E-state index contributed by atoms with van der Waals surface area (Å²) >= 11 is 8.84. The lowest BCUT2D eigenvalue weighted by atomic mass is 10.6. The van der Waals surface area contributed by atoms with E-state index in [-0.39, 0.29) is 0 Å². The van der Waals surface area contributed by atoms with E-state index >= 15 is 0 Å². The Morgan fingerprint density at radius 1 is 1.27 bits per heavy atom. The predicted molar refractivity (Wildman–Crippen MR) is 62.3 cm³/mol. The fourth-order valence-corrected chi connectivity index (χ4v) is 2.53. The molecular formula is C9H9ClN2OS2. The summed E-state index contributed by atoms with van der Waals surface area (Å²) in [6, 6.07) is 0. The maximum absolute atomic E-state index is 5.65. The molecule has 0 spiro atoms. The SMILES string of the molecule is ClCc1ncc(COCc2nccs2)s1. The summed E-state index contributed by atoms with van der Waals surface area (Å²) in [6.45, 7) is 1.14. The van der Waals surface area contributed by atoms with Gasteiger partial charge in [0.25, 0.3) is 0 Å². The molecule has 0 radical (unpaired) electrons. The molecule has 0 aliphatic heterocycles. The van der Waals surface area contributed by atoms with Crippen molar-refractivity contribution >= 4 is 34.3 Å². The van der Waals surface area contributed by atoms with Crippen LogP contribution in [-0.2, 0) is 23.8 Å². The molecule has 3 nitrogen and oxygen atoms in total. The molecule has 2 aromatic heterocycles. The number of hydrogen-bond acceptors (Lipinski definition) is 5. The van der Waals surface area contributed by atoms with E-state index in [9.17, 15) is 0 Å². The zero-order valence-electron chi connectivity index (χ0n) is 7.85. The van der Waals surface area contributed by atoms with Crippen molar-refractivity contribution in [3.05, 3.63) is 32.7 Å². The van der Waals surface area contributed by atoms with Crippen molar-refractivity contribution in [2.75, 3.05) is 0 Å². The lowest BCUT2D eigenvalue weighted by Crippen LogP contribution is -1.91. The van der Waals surface area contributed by atoms with E-state index in [0.717, 1.165) is 14.9 Å². The van der Waals surface area contributed by atoms with Gasteiger partial charge in [0, 0.05) is 17.8 Å². The molecule has 6 heteroatoms. The monoisotopic (exact) mass is 260 g/mol. The standard InChI is InChI=1S/C9H9ClN2OS2/c10-3-8-12-4-7(15-8)5-13-6-9-11-1-2-14-9/h1-2,4H,3,5-6H2. The van der Waals surface area contributed by atoms with Crippen LogP contribution in [0, 0.1) is 0 Å². The number of hydrogen-bond donors (Lipinski definition) is 0. The molecule has 2 heterocycles. The van der Waals surface area contributed by atoms with Gasteiger partial charge in [-0.2, -0.15) is 0 Å². The van der Waals surface area contributed by atoms with Gasteiger partial charge in [0.2, 0.25) is 0 Å². The van der Waals surface area contributed by atoms with Crippen molar-refractivity contribution in [2.24, 2.45) is 0 Å². The molecule has 0 aromatic carbocycles. The lowest BCUT2D eigenvalue weighted by Gasteiger charge is -1.97. The Bertz CT molecular complexity index is 402. The average Bonchev–Trinajstić information content (AvgIpc) is 2.88. The minimum absolute atomic E-state index is 0.469. The summed E-state index contributed by atoms with van der Waals surface area (Å²) in [7, 11) is 0. The molecule has 0 fully saturated rings. The summed E-state index contributed by atoms with van der Waals surface area (Å²) in [5.41, 5.74) is 0. The number of alkyl halides is 1. The average molecular weight is 261 g/mol. The number of thiazole rings is 2. The van der Waals surface area contributed by atoms with Crippen molar-refractivity contribution in [2.45, 2.75) is 19.1 Å². The highest BCUT2D eigenvalue weighted by molar-refractivity contribution is 7.11. The van der Waals surface area contributed by atoms with Crippen LogP contribution in [-0.4, -0.2) is 9.97 Å². The van der Waals surface area contributed by atoms with Crippen LogP contribution in [0.5, 0.6) is 0 Å². The molecule has 80 valence electrons. The third-order valence-corrected chi connectivity index (χ3v) is 3.80. The van der Waals surface area contributed by atoms with Crippen molar-refractivity contribution in [1.29, 1.82) is 0 Å². The minimum Gasteiger partial charge on any atom is -0.369 e. The highest BCUT2D eigenvalue weighted by Crippen LogP contribution is 2.16. The Hall–Kier alpha value is -0.490. The van der Waals surface area contributed by atoms with Crippen LogP contribution in [0.1, 0.15) is 14.9 Å². The third kappa shape index (κ3) is 3.24. The molecule has 0 saturated carbocycles. The second kappa shape index (κ2) is 5.55. The first-order chi connectivity index (χ1) is 7.38. The van der Waals surface area contributed by atoms with Crippen LogP contribution in [0.25, 0.3) is 0 Å². The smallest absolute Gasteiger partial charge is 0.118 e. The van der Waals surface area contributed by atoms with Crippen LogP contribution in [0.4, 0.5) is 0 Å². The number of halogens is 1. The van der Waals surface area contributed by atoms with Gasteiger partial charge in [-0.3, -0.25) is 0 Å². The Labute approximate surface area is 101 Å². The molecule has 0 saturated heterocycles. The van der Waals surface area contributed by atoms with E-state index in [2.05, 4.69) is 9.97 Å². The zero-order valence-corrected chi connectivity index (χ0v) is 10.2. The largest absolute Gasteiger partial charge is 0.369 e. The molecule has 15 heavy (non-hydrogen) atoms. The molecule has 2 aromatic rings. The fourth-order valence-electron chi connectivity index (χ4n) is 1.04. The molecule has 0 atom stereocenters. The van der Waals surface area contributed by atoms with E-state index < -0.39 is 0 Å². The highest BCUT2D eigenvalue weighted by Gasteiger charge is 2.01. The summed E-state index contributed by atoms with van der Waals surface area (Å²) in [6.07, 6.45) is 3.59. The Morgan fingerprint density at radius 2 is 2.20 bits per heavy atom. The van der Waals surface area contributed by atoms with Gasteiger partial charge in [0.05, 0.1) is 24.0 Å². The molecule has 0 unspecified atom stereocenters. The maximum atomic E-state index is 5.65. The normalized spacial score (nSPS) is 10.7. The van der Waals surface area contributed by atoms with Gasteiger partial charge < -0.3 is 4.74 Å². The Morgan fingerprint density at radius 3 is 2.87 bits per heavy atom. The Kier molecular flexibility index (Phi) is 4.08. The summed E-state index contributed by atoms with van der Waals surface area (Å²) < 4.78 is 5.50. The van der Waals surface area contributed by atoms with Crippen molar-refractivity contribution in [3.63, 3.8) is 0 Å². The number of ether oxygens (including phenoxy) is 1. The summed E-state index contributed by atoms with van der Waals surface area (Å²) in [5, 5.41) is 3.87. The molecule has 2 rings (SSSR count). The second-order valence-corrected chi connectivity index (χ2v) is 5.22. The predicted octanol–water partition coefficient (Wildman–Crippen LogP) is 3.06. The maximum Gasteiger partial charge on any atom is 0.118 e. The number of nitrogens with zero attached hydrogens (tertiary/aromatic N) is 2. The zero-order chi connectivity index (χ0) is 10.5. The second-order valence-electron chi connectivity index (χ2n) is 2.77. The van der Waals surface area contributed by atoms with E-state index in [0.29, 0.717) is 19.1 Å². The van der Waals surface area contributed by atoms with Gasteiger partial charge in [-0.1, -0.05) is 0 Å².